The molecule has 0 saturated heterocycles. The lowest BCUT2D eigenvalue weighted by Gasteiger charge is -2.25. The number of rotatable bonds is 29. The average molecular weight is 793 g/mol. The number of unbranched alkanes of at least 4 members (excludes halogenated alkanes) is 14. The van der Waals surface area contributed by atoms with E-state index in [1.807, 2.05) is 0 Å². The Morgan fingerprint density at radius 2 is 1.02 bits per heavy atom. The lowest BCUT2D eigenvalue weighted by molar-refractivity contribution is -0.148. The maximum absolute atomic E-state index is 6.25. The monoisotopic (exact) mass is 791 g/mol. The van der Waals surface area contributed by atoms with Gasteiger partial charge in [-0.25, -0.2) is 0 Å². The maximum atomic E-state index is 6.25. The first-order valence-electron chi connectivity index (χ1n) is 21.1. The summed E-state index contributed by atoms with van der Waals surface area (Å²) in [7, 11) is 0. The van der Waals surface area contributed by atoms with Crippen LogP contribution in [-0.2, 0) is 15.9 Å². The molecule has 4 heteroatoms. The molecule has 0 fully saturated rings. The van der Waals surface area contributed by atoms with Crippen molar-refractivity contribution in [1.82, 2.24) is 0 Å². The highest BCUT2D eigenvalue weighted by Gasteiger charge is 2.47. The molecule has 0 aliphatic carbocycles. The molecule has 0 amide bonds. The van der Waals surface area contributed by atoms with Crippen LogP contribution in [0.3, 0.4) is 0 Å². The standard InChI is InChI=1S/C48H73BrO2P/c1-6-8-10-12-20-28-39-50-48(51-40-29-21-13-11-9-7-2)38-23-19-17-15-14-16-18-22-33-44-34-30-37-47(43(44)5)52(49,45-35-26-24-31-41(45)3)46-36-27-25-32-42(46)4/h14,16,24-27,30-32,34-37,48H,6-13,15,17-23,28-29,33,38-40H2,1-5H3/q+1/b16-14-. The number of aryl methyl sites for hydroxylation is 3. The summed E-state index contributed by atoms with van der Waals surface area (Å²) in [6.45, 7) is 13.1. The molecule has 0 aliphatic heterocycles. The highest BCUT2D eigenvalue weighted by Crippen LogP contribution is 2.64. The van der Waals surface area contributed by atoms with E-state index in [4.69, 9.17) is 9.47 Å². The van der Waals surface area contributed by atoms with Crippen LogP contribution in [0.5, 0.6) is 0 Å². The molecule has 2 nitrogen and oxygen atoms in total. The quantitative estimate of drug-likeness (QED) is 0.0302. The number of hydrogen-bond donors (Lipinski definition) is 0. The maximum Gasteiger partial charge on any atom is 0.181 e. The molecule has 288 valence electrons. The molecule has 0 atom stereocenters. The molecular weight excluding hydrogens is 719 g/mol. The van der Waals surface area contributed by atoms with Gasteiger partial charge in [-0.2, -0.15) is 0 Å². The molecule has 3 aromatic rings. The molecule has 0 aromatic heterocycles. The first-order chi connectivity index (χ1) is 25.4. The minimum atomic E-state index is -1.98. The molecule has 0 radical (unpaired) electrons. The van der Waals surface area contributed by atoms with Crippen LogP contribution in [0, 0.1) is 20.8 Å². The van der Waals surface area contributed by atoms with E-state index in [2.05, 4.69) is 129 Å². The topological polar surface area (TPSA) is 18.5 Å². The minimum Gasteiger partial charge on any atom is -0.353 e. The van der Waals surface area contributed by atoms with Gasteiger partial charge in [0.2, 0.25) is 0 Å². The zero-order valence-corrected chi connectivity index (χ0v) is 36.3. The molecule has 0 N–H and O–H groups in total. The van der Waals surface area contributed by atoms with Crippen molar-refractivity contribution in [1.29, 1.82) is 0 Å². The highest BCUT2D eigenvalue weighted by molar-refractivity contribution is 9.44. The summed E-state index contributed by atoms with van der Waals surface area (Å²) in [6.07, 6.45) is 29.7. The van der Waals surface area contributed by atoms with E-state index >= 15 is 0 Å². The molecule has 0 heterocycles. The number of benzene rings is 3. The summed E-state index contributed by atoms with van der Waals surface area (Å²) in [4.78, 5) is 0. The van der Waals surface area contributed by atoms with E-state index in [-0.39, 0.29) is 6.29 Å². The first kappa shape index (κ1) is 44.6. The SMILES string of the molecule is CCCCCCCCOC(CCCCC/C=C\CCCc1cccc([P+](Br)(c2ccccc2C)c2ccccc2C)c1C)OCCCCCCCC. The van der Waals surface area contributed by atoms with Gasteiger partial charge in [0.1, 0.15) is 15.9 Å². The second-order valence-electron chi connectivity index (χ2n) is 14.9. The van der Waals surface area contributed by atoms with Gasteiger partial charge in [-0.05, 0) is 119 Å². The largest absolute Gasteiger partial charge is 0.353 e. The van der Waals surface area contributed by atoms with Crippen LogP contribution < -0.4 is 15.9 Å². The molecule has 0 aliphatic rings. The van der Waals surface area contributed by atoms with Gasteiger partial charge in [0.15, 0.2) is 27.7 Å². The number of halogens is 1. The molecule has 3 rings (SSSR count). The third-order valence-corrected chi connectivity index (χ3v) is 17.5. The van der Waals surface area contributed by atoms with E-state index in [0.717, 1.165) is 45.3 Å². The molecule has 0 saturated carbocycles. The van der Waals surface area contributed by atoms with Gasteiger partial charge in [-0.15, -0.1) is 0 Å². The van der Waals surface area contributed by atoms with E-state index in [0.29, 0.717) is 0 Å². The van der Waals surface area contributed by atoms with Crippen molar-refractivity contribution in [3.05, 3.63) is 101 Å². The molecule has 0 bridgehead atoms. The molecule has 0 unspecified atom stereocenters. The van der Waals surface area contributed by atoms with Crippen molar-refractivity contribution in [3.8, 4) is 0 Å². The van der Waals surface area contributed by atoms with Crippen molar-refractivity contribution >= 4 is 37.4 Å². The second kappa shape index (κ2) is 26.9. The van der Waals surface area contributed by atoms with Crippen LogP contribution in [-0.4, -0.2) is 19.5 Å². The number of allylic oxidation sites excluding steroid dienone is 2. The Labute approximate surface area is 329 Å². The summed E-state index contributed by atoms with van der Waals surface area (Å²) in [6, 6.07) is 24.9. The third-order valence-electron chi connectivity index (χ3n) is 10.5. The normalized spacial score (nSPS) is 12.1. The Morgan fingerprint density at radius 3 is 1.58 bits per heavy atom. The van der Waals surface area contributed by atoms with Crippen LogP contribution in [0.25, 0.3) is 0 Å². The van der Waals surface area contributed by atoms with Crippen molar-refractivity contribution < 1.29 is 9.47 Å². The third kappa shape index (κ3) is 15.5. The Kier molecular flexibility index (Phi) is 23.1. The lowest BCUT2D eigenvalue weighted by atomic mass is 10.0. The van der Waals surface area contributed by atoms with Crippen molar-refractivity contribution in [2.75, 3.05) is 13.2 Å². The fourth-order valence-corrected chi connectivity index (χ4v) is 14.2. The Balaban J connectivity index is 1.43. The summed E-state index contributed by atoms with van der Waals surface area (Å²) < 4.78 is 12.5. The zero-order chi connectivity index (χ0) is 37.3. The van der Waals surface area contributed by atoms with Crippen LogP contribution in [0.1, 0.15) is 158 Å². The second-order valence-corrected chi connectivity index (χ2v) is 20.7. The fraction of sp³-hybridized carbons (Fsp3) is 0.583. The van der Waals surface area contributed by atoms with Crippen LogP contribution in [0.2, 0.25) is 0 Å². The lowest BCUT2D eigenvalue weighted by Crippen LogP contribution is -2.31. The van der Waals surface area contributed by atoms with Gasteiger partial charge >= 0.3 is 0 Å². The average Bonchev–Trinajstić information content (AvgIpc) is 3.15. The van der Waals surface area contributed by atoms with Gasteiger partial charge in [-0.1, -0.05) is 145 Å². The number of ether oxygens (including phenoxy) is 2. The molecule has 3 aromatic carbocycles. The van der Waals surface area contributed by atoms with E-state index in [1.165, 1.54) is 134 Å². The molecular formula is C48H73BrO2P+. The van der Waals surface area contributed by atoms with Crippen LogP contribution in [0.4, 0.5) is 0 Å². The Hall–Kier alpha value is -1.77. The van der Waals surface area contributed by atoms with Crippen molar-refractivity contribution in [3.63, 3.8) is 0 Å². The van der Waals surface area contributed by atoms with Gasteiger partial charge in [0.25, 0.3) is 0 Å². The summed E-state index contributed by atoms with van der Waals surface area (Å²) in [5.41, 5.74) is 5.61. The van der Waals surface area contributed by atoms with Gasteiger partial charge in [0.05, 0.1) is 0 Å². The van der Waals surface area contributed by atoms with Gasteiger partial charge in [0, 0.05) is 13.2 Å². The van der Waals surface area contributed by atoms with Gasteiger partial charge < -0.3 is 9.47 Å². The number of hydrogen-bond acceptors (Lipinski definition) is 2. The van der Waals surface area contributed by atoms with Crippen molar-refractivity contribution in [2.24, 2.45) is 0 Å². The summed E-state index contributed by atoms with van der Waals surface area (Å²) in [5, 5.41) is 4.29. The van der Waals surface area contributed by atoms with E-state index in [9.17, 15) is 0 Å². The summed E-state index contributed by atoms with van der Waals surface area (Å²) >= 11 is 4.47. The molecule has 52 heavy (non-hydrogen) atoms. The van der Waals surface area contributed by atoms with E-state index < -0.39 is 5.96 Å². The molecule has 0 spiro atoms. The Morgan fingerprint density at radius 1 is 0.538 bits per heavy atom. The van der Waals surface area contributed by atoms with Gasteiger partial charge in [-0.3, -0.25) is 0 Å². The van der Waals surface area contributed by atoms with Crippen LogP contribution in [0.15, 0.2) is 78.9 Å². The zero-order valence-electron chi connectivity index (χ0n) is 33.8. The predicted octanol–water partition coefficient (Wildman–Crippen LogP) is 14.1. The fourth-order valence-electron chi connectivity index (χ4n) is 7.29. The van der Waals surface area contributed by atoms with E-state index in [1.54, 1.807) is 0 Å². The van der Waals surface area contributed by atoms with Crippen LogP contribution >= 0.6 is 21.5 Å². The smallest absolute Gasteiger partial charge is 0.181 e. The Bertz CT molecular complexity index is 1340. The minimum absolute atomic E-state index is 0.0194. The predicted molar refractivity (Wildman–Crippen MR) is 236 cm³/mol. The first-order valence-corrected chi connectivity index (χ1v) is 24.9. The highest BCUT2D eigenvalue weighted by atomic mass is 79.9. The summed E-state index contributed by atoms with van der Waals surface area (Å²) in [5.74, 6) is -1.98. The van der Waals surface area contributed by atoms with Crippen molar-refractivity contribution in [2.45, 2.75) is 169 Å².